The fraction of sp³-hybridized carbons (Fsp3) is 0.944. The van der Waals surface area contributed by atoms with Crippen molar-refractivity contribution in [1.29, 1.82) is 0 Å². The first-order valence-electron chi connectivity index (χ1n) is 9.79. The number of halogens is 1. The largest absolute Gasteiger partial charge is 0.376 e. The number of hydrogen-bond donors (Lipinski definition) is 2. The van der Waals surface area contributed by atoms with Gasteiger partial charge in [-0.3, -0.25) is 4.99 Å². The van der Waals surface area contributed by atoms with Gasteiger partial charge in [0, 0.05) is 59.0 Å². The molecule has 0 amide bonds. The van der Waals surface area contributed by atoms with E-state index in [1.165, 1.54) is 39.1 Å². The molecule has 2 aliphatic heterocycles. The lowest BCUT2D eigenvalue weighted by Crippen LogP contribution is -2.47. The molecule has 0 bridgehead atoms. The average molecular weight is 467 g/mol. The standard InChI is InChI=1S/C18H37N5O.HI/c1-4-19-18(21-14-17-7-6-12-24-17)20-13-16(3)15-23-10-8-22(5-2)9-11-23;/h16-17H,4-15H2,1-3H3,(H2,19,20,21);1H. The fourth-order valence-corrected chi connectivity index (χ4v) is 3.39. The van der Waals surface area contributed by atoms with Crippen LogP contribution in [0.4, 0.5) is 0 Å². The van der Waals surface area contributed by atoms with E-state index in [1.807, 2.05) is 0 Å². The summed E-state index contributed by atoms with van der Waals surface area (Å²) in [6.07, 6.45) is 2.69. The zero-order valence-electron chi connectivity index (χ0n) is 16.3. The molecule has 2 rings (SSSR count). The van der Waals surface area contributed by atoms with Crippen LogP contribution in [-0.2, 0) is 4.74 Å². The van der Waals surface area contributed by atoms with Gasteiger partial charge in [-0.1, -0.05) is 13.8 Å². The van der Waals surface area contributed by atoms with Gasteiger partial charge in [-0.25, -0.2) is 0 Å². The van der Waals surface area contributed by atoms with Crippen LogP contribution in [0.15, 0.2) is 4.99 Å². The fourth-order valence-electron chi connectivity index (χ4n) is 3.39. The van der Waals surface area contributed by atoms with Crippen LogP contribution < -0.4 is 10.6 Å². The third-order valence-electron chi connectivity index (χ3n) is 4.91. The van der Waals surface area contributed by atoms with Crippen molar-refractivity contribution in [3.05, 3.63) is 0 Å². The number of hydrogen-bond acceptors (Lipinski definition) is 4. The highest BCUT2D eigenvalue weighted by molar-refractivity contribution is 14.0. The van der Waals surface area contributed by atoms with Crippen LogP contribution in [0.5, 0.6) is 0 Å². The summed E-state index contributed by atoms with van der Waals surface area (Å²) in [4.78, 5) is 9.88. The Kier molecular flexibility index (Phi) is 12.0. The predicted molar refractivity (Wildman–Crippen MR) is 116 cm³/mol. The Labute approximate surface area is 171 Å². The van der Waals surface area contributed by atoms with E-state index < -0.39 is 0 Å². The Bertz CT molecular complexity index is 368. The zero-order valence-corrected chi connectivity index (χ0v) is 18.6. The van der Waals surface area contributed by atoms with Crippen LogP contribution in [-0.4, -0.2) is 87.4 Å². The molecule has 0 spiro atoms. The molecule has 2 atom stereocenters. The summed E-state index contributed by atoms with van der Waals surface area (Å²) in [5.74, 6) is 1.51. The molecule has 2 saturated heterocycles. The number of likely N-dealkylation sites (N-methyl/N-ethyl adjacent to an activating group) is 1. The molecule has 0 aliphatic carbocycles. The number of rotatable bonds is 8. The molecule has 25 heavy (non-hydrogen) atoms. The second-order valence-corrected chi connectivity index (χ2v) is 7.08. The normalized spacial score (nSPS) is 24.0. The van der Waals surface area contributed by atoms with E-state index in [1.54, 1.807) is 0 Å². The first-order chi connectivity index (χ1) is 11.7. The van der Waals surface area contributed by atoms with E-state index in [-0.39, 0.29) is 24.0 Å². The van der Waals surface area contributed by atoms with Crippen LogP contribution >= 0.6 is 24.0 Å². The van der Waals surface area contributed by atoms with Crippen LogP contribution in [0.25, 0.3) is 0 Å². The first kappa shape index (κ1) is 22.9. The maximum Gasteiger partial charge on any atom is 0.191 e. The van der Waals surface area contributed by atoms with Crippen molar-refractivity contribution in [2.45, 2.75) is 39.7 Å². The molecule has 0 aromatic carbocycles. The van der Waals surface area contributed by atoms with Gasteiger partial charge in [0.1, 0.15) is 0 Å². The summed E-state index contributed by atoms with van der Waals surface area (Å²) in [5.41, 5.74) is 0. The molecular formula is C18H38IN5O. The molecule has 2 unspecified atom stereocenters. The van der Waals surface area contributed by atoms with E-state index in [9.17, 15) is 0 Å². The highest BCUT2D eigenvalue weighted by Gasteiger charge is 2.18. The molecule has 0 aromatic rings. The van der Waals surface area contributed by atoms with Crippen molar-refractivity contribution in [3.63, 3.8) is 0 Å². The number of ether oxygens (including phenoxy) is 1. The molecule has 6 nitrogen and oxygen atoms in total. The Morgan fingerprint density at radius 3 is 2.48 bits per heavy atom. The predicted octanol–water partition coefficient (Wildman–Crippen LogP) is 1.61. The summed E-state index contributed by atoms with van der Waals surface area (Å²) in [6, 6.07) is 0. The molecular weight excluding hydrogens is 429 g/mol. The summed E-state index contributed by atoms with van der Waals surface area (Å²) in [7, 11) is 0. The monoisotopic (exact) mass is 467 g/mol. The maximum atomic E-state index is 5.67. The van der Waals surface area contributed by atoms with E-state index >= 15 is 0 Å². The Balaban J connectivity index is 0.00000312. The molecule has 7 heteroatoms. The second-order valence-electron chi connectivity index (χ2n) is 7.08. The molecule has 0 saturated carbocycles. The third-order valence-corrected chi connectivity index (χ3v) is 4.91. The van der Waals surface area contributed by atoms with Crippen LogP contribution in [0.1, 0.15) is 33.6 Å². The lowest BCUT2D eigenvalue weighted by atomic mass is 10.1. The van der Waals surface area contributed by atoms with Gasteiger partial charge in [-0.05, 0) is 32.2 Å². The van der Waals surface area contributed by atoms with E-state index in [0.717, 1.165) is 45.2 Å². The summed E-state index contributed by atoms with van der Waals surface area (Å²) >= 11 is 0. The van der Waals surface area contributed by atoms with Crippen molar-refractivity contribution < 1.29 is 4.74 Å². The van der Waals surface area contributed by atoms with E-state index in [2.05, 4.69) is 41.2 Å². The smallest absolute Gasteiger partial charge is 0.191 e. The van der Waals surface area contributed by atoms with E-state index in [0.29, 0.717) is 12.0 Å². The minimum Gasteiger partial charge on any atom is -0.376 e. The van der Waals surface area contributed by atoms with Gasteiger partial charge in [0.25, 0.3) is 0 Å². The average Bonchev–Trinajstić information content (AvgIpc) is 3.11. The quantitative estimate of drug-likeness (QED) is 0.323. The lowest BCUT2D eigenvalue weighted by molar-refractivity contribution is 0.113. The zero-order chi connectivity index (χ0) is 17.2. The summed E-state index contributed by atoms with van der Waals surface area (Å²) in [5, 5.41) is 6.77. The van der Waals surface area contributed by atoms with Gasteiger partial charge in [0.05, 0.1) is 6.10 Å². The van der Waals surface area contributed by atoms with Crippen LogP contribution in [0.3, 0.4) is 0 Å². The van der Waals surface area contributed by atoms with Crippen LogP contribution in [0, 0.1) is 5.92 Å². The molecule has 2 fully saturated rings. The third kappa shape index (κ3) is 8.88. The molecule has 2 aliphatic rings. The van der Waals surface area contributed by atoms with Crippen LogP contribution in [0.2, 0.25) is 0 Å². The van der Waals surface area contributed by atoms with Gasteiger partial charge < -0.3 is 25.2 Å². The van der Waals surface area contributed by atoms with E-state index in [4.69, 9.17) is 9.73 Å². The number of guanidine groups is 1. The summed E-state index contributed by atoms with van der Waals surface area (Å²) in [6.45, 7) is 17.3. The number of nitrogens with one attached hydrogen (secondary N) is 2. The highest BCUT2D eigenvalue weighted by atomic mass is 127. The minimum absolute atomic E-state index is 0. The van der Waals surface area contributed by atoms with Crippen molar-refractivity contribution >= 4 is 29.9 Å². The Hall–Kier alpha value is -0.120. The first-order valence-corrected chi connectivity index (χ1v) is 9.79. The Morgan fingerprint density at radius 1 is 1.16 bits per heavy atom. The van der Waals surface area contributed by atoms with Gasteiger partial charge in [-0.2, -0.15) is 0 Å². The number of piperazine rings is 1. The molecule has 0 aromatic heterocycles. The SMILES string of the molecule is CCNC(=NCC(C)CN1CCN(CC)CC1)NCC1CCCO1.I. The Morgan fingerprint density at radius 2 is 1.88 bits per heavy atom. The number of nitrogens with zero attached hydrogens (tertiary/aromatic N) is 3. The molecule has 2 N–H and O–H groups in total. The molecule has 148 valence electrons. The molecule has 2 heterocycles. The maximum absolute atomic E-state index is 5.67. The highest BCUT2D eigenvalue weighted by Crippen LogP contribution is 2.10. The van der Waals surface area contributed by atoms with Gasteiger partial charge in [-0.15, -0.1) is 24.0 Å². The van der Waals surface area contributed by atoms with Crippen molar-refractivity contribution in [2.24, 2.45) is 10.9 Å². The number of aliphatic imine (C=N–C) groups is 1. The summed E-state index contributed by atoms with van der Waals surface area (Å²) < 4.78 is 5.67. The lowest BCUT2D eigenvalue weighted by Gasteiger charge is -2.35. The second kappa shape index (κ2) is 13.1. The molecule has 0 radical (unpaired) electrons. The van der Waals surface area contributed by atoms with Crippen molar-refractivity contribution in [1.82, 2.24) is 20.4 Å². The van der Waals surface area contributed by atoms with Gasteiger partial charge in [0.15, 0.2) is 5.96 Å². The van der Waals surface area contributed by atoms with Crippen molar-refractivity contribution in [3.8, 4) is 0 Å². The van der Waals surface area contributed by atoms with Gasteiger partial charge in [0.2, 0.25) is 0 Å². The minimum atomic E-state index is 0. The van der Waals surface area contributed by atoms with Crippen molar-refractivity contribution in [2.75, 3.05) is 65.5 Å². The van der Waals surface area contributed by atoms with Gasteiger partial charge >= 0.3 is 0 Å². The topological polar surface area (TPSA) is 52.1 Å².